The first-order valence-electron chi connectivity index (χ1n) is 7.55. The summed E-state index contributed by atoms with van der Waals surface area (Å²) in [6.07, 6.45) is 2.96. The molecule has 2 aromatic rings. The quantitative estimate of drug-likeness (QED) is 0.584. The highest BCUT2D eigenvalue weighted by atomic mass is 79.9. The minimum atomic E-state index is -0.494. The largest absolute Gasteiger partial charge is 0.457 e. The first kappa shape index (κ1) is 16.6. The Labute approximate surface area is 140 Å². The van der Waals surface area contributed by atoms with Gasteiger partial charge in [0.25, 0.3) is 0 Å². The average Bonchev–Trinajstić information content (AvgIpc) is 2.58. The summed E-state index contributed by atoms with van der Waals surface area (Å²) < 4.78 is 5.88. The Morgan fingerprint density at radius 2 is 1.82 bits per heavy atom. The van der Waals surface area contributed by atoms with E-state index in [1.807, 2.05) is 54.6 Å². The van der Waals surface area contributed by atoms with Crippen molar-refractivity contribution in [1.82, 2.24) is 0 Å². The van der Waals surface area contributed by atoms with E-state index >= 15 is 0 Å². The van der Waals surface area contributed by atoms with Crippen molar-refractivity contribution in [3.63, 3.8) is 0 Å². The second-order valence-corrected chi connectivity index (χ2v) is 5.93. The molecule has 0 aliphatic rings. The van der Waals surface area contributed by atoms with Crippen LogP contribution in [-0.4, -0.2) is 5.33 Å². The predicted molar refractivity (Wildman–Crippen MR) is 93.6 cm³/mol. The van der Waals surface area contributed by atoms with E-state index in [4.69, 9.17) is 4.74 Å². The lowest BCUT2D eigenvalue weighted by Gasteiger charge is -2.25. The van der Waals surface area contributed by atoms with Crippen LogP contribution in [0.4, 0.5) is 0 Å². The van der Waals surface area contributed by atoms with Crippen molar-refractivity contribution in [2.45, 2.75) is 31.6 Å². The van der Waals surface area contributed by atoms with Gasteiger partial charge in [0.2, 0.25) is 0 Å². The van der Waals surface area contributed by atoms with Gasteiger partial charge in [-0.25, -0.2) is 0 Å². The maximum absolute atomic E-state index is 9.72. The van der Waals surface area contributed by atoms with Crippen molar-refractivity contribution in [1.29, 1.82) is 5.26 Å². The smallest absolute Gasteiger partial charge is 0.127 e. The van der Waals surface area contributed by atoms with Crippen LogP contribution >= 0.6 is 15.9 Å². The summed E-state index contributed by atoms with van der Waals surface area (Å²) in [7, 11) is 0. The van der Waals surface area contributed by atoms with Crippen LogP contribution in [0.15, 0.2) is 54.6 Å². The molecule has 0 saturated carbocycles. The molecule has 1 atom stereocenters. The van der Waals surface area contributed by atoms with Gasteiger partial charge < -0.3 is 4.74 Å². The van der Waals surface area contributed by atoms with Gasteiger partial charge in [0.05, 0.1) is 11.5 Å². The van der Waals surface area contributed by atoms with E-state index in [-0.39, 0.29) is 0 Å². The van der Waals surface area contributed by atoms with Crippen LogP contribution in [0.25, 0.3) is 0 Å². The van der Waals surface area contributed by atoms with E-state index in [0.717, 1.165) is 36.3 Å². The number of ether oxygens (including phenoxy) is 1. The molecular weight excluding hydrogens is 338 g/mol. The van der Waals surface area contributed by atoms with Crippen LogP contribution in [0.3, 0.4) is 0 Å². The van der Waals surface area contributed by atoms with E-state index in [1.54, 1.807) is 0 Å². The second kappa shape index (κ2) is 8.00. The molecule has 0 heterocycles. The minimum absolute atomic E-state index is 0.494. The highest BCUT2D eigenvalue weighted by molar-refractivity contribution is 9.09. The van der Waals surface area contributed by atoms with Gasteiger partial charge in [-0.05, 0) is 36.2 Å². The van der Waals surface area contributed by atoms with Gasteiger partial charge in [-0.15, -0.1) is 0 Å². The van der Waals surface area contributed by atoms with Gasteiger partial charge >= 0.3 is 0 Å². The molecule has 0 N–H and O–H groups in total. The highest BCUT2D eigenvalue weighted by Crippen LogP contribution is 2.34. The van der Waals surface area contributed by atoms with Crippen LogP contribution in [-0.2, 0) is 5.41 Å². The van der Waals surface area contributed by atoms with E-state index in [1.165, 1.54) is 0 Å². The third kappa shape index (κ3) is 3.90. The molecule has 114 valence electrons. The van der Waals surface area contributed by atoms with Crippen molar-refractivity contribution in [3.8, 4) is 17.6 Å². The first-order valence-corrected chi connectivity index (χ1v) is 8.67. The van der Waals surface area contributed by atoms with E-state index in [0.29, 0.717) is 5.33 Å². The highest BCUT2D eigenvalue weighted by Gasteiger charge is 2.30. The summed E-state index contributed by atoms with van der Waals surface area (Å²) in [5.74, 6) is 1.57. The molecule has 2 nitrogen and oxygen atoms in total. The average molecular weight is 358 g/mol. The summed E-state index contributed by atoms with van der Waals surface area (Å²) in [5.41, 5.74) is 0.514. The number of hydrogen-bond donors (Lipinski definition) is 0. The summed E-state index contributed by atoms with van der Waals surface area (Å²) in [6.45, 7) is 2.14. The number of nitriles is 1. The van der Waals surface area contributed by atoms with Gasteiger partial charge in [0.1, 0.15) is 11.5 Å². The molecule has 0 spiro atoms. The molecule has 0 aliphatic heterocycles. The lowest BCUT2D eigenvalue weighted by Crippen LogP contribution is -2.26. The molecule has 2 aromatic carbocycles. The van der Waals surface area contributed by atoms with E-state index in [2.05, 4.69) is 28.9 Å². The van der Waals surface area contributed by atoms with Crippen LogP contribution in [0.1, 0.15) is 31.7 Å². The van der Waals surface area contributed by atoms with Crippen molar-refractivity contribution in [3.05, 3.63) is 60.2 Å². The van der Waals surface area contributed by atoms with Gasteiger partial charge in [-0.1, -0.05) is 66.0 Å². The molecule has 22 heavy (non-hydrogen) atoms. The molecule has 0 radical (unpaired) electrons. The fraction of sp³-hybridized carbons (Fsp3) is 0.316. The zero-order chi connectivity index (χ0) is 15.8. The Morgan fingerprint density at radius 1 is 1.09 bits per heavy atom. The summed E-state index contributed by atoms with van der Waals surface area (Å²) in [4.78, 5) is 0. The topological polar surface area (TPSA) is 33.0 Å². The summed E-state index contributed by atoms with van der Waals surface area (Å²) in [5, 5.41) is 10.3. The third-order valence-electron chi connectivity index (χ3n) is 3.76. The molecule has 2 rings (SSSR count). The van der Waals surface area contributed by atoms with Crippen molar-refractivity contribution in [2.75, 3.05) is 5.33 Å². The number of alkyl halides is 1. The van der Waals surface area contributed by atoms with Crippen LogP contribution in [0.2, 0.25) is 0 Å². The normalized spacial score (nSPS) is 13.1. The fourth-order valence-corrected chi connectivity index (χ4v) is 3.13. The molecule has 0 aliphatic carbocycles. The SMILES string of the molecule is CCCCC(C#N)(CBr)c1cccc(Oc2ccccc2)c1. The van der Waals surface area contributed by atoms with Crippen LogP contribution in [0.5, 0.6) is 11.5 Å². The zero-order valence-electron chi connectivity index (χ0n) is 12.8. The van der Waals surface area contributed by atoms with Crippen LogP contribution in [0, 0.1) is 11.3 Å². The van der Waals surface area contributed by atoms with E-state index in [9.17, 15) is 5.26 Å². The number of unbranched alkanes of at least 4 members (excludes halogenated alkanes) is 1. The van der Waals surface area contributed by atoms with E-state index < -0.39 is 5.41 Å². The Balaban J connectivity index is 2.28. The number of hydrogen-bond acceptors (Lipinski definition) is 2. The van der Waals surface area contributed by atoms with Gasteiger partial charge in [0, 0.05) is 5.33 Å². The minimum Gasteiger partial charge on any atom is -0.457 e. The molecule has 3 heteroatoms. The summed E-state index contributed by atoms with van der Waals surface area (Å²) >= 11 is 3.53. The standard InChI is InChI=1S/C19H20BrNO/c1-2-3-12-19(14-20,15-21)16-8-7-11-18(13-16)22-17-9-5-4-6-10-17/h4-11,13H,2-3,12,14H2,1H3. The van der Waals surface area contributed by atoms with Crippen molar-refractivity contribution >= 4 is 15.9 Å². The van der Waals surface area contributed by atoms with Gasteiger partial charge in [-0.2, -0.15) is 5.26 Å². The van der Waals surface area contributed by atoms with Gasteiger partial charge in [0.15, 0.2) is 0 Å². The Morgan fingerprint density at radius 3 is 2.45 bits per heavy atom. The Hall–Kier alpha value is -1.79. The predicted octanol–water partition coefficient (Wildman–Crippen LogP) is 5.83. The zero-order valence-corrected chi connectivity index (χ0v) is 14.3. The molecule has 0 fully saturated rings. The number of benzene rings is 2. The fourth-order valence-electron chi connectivity index (χ4n) is 2.40. The summed E-state index contributed by atoms with van der Waals surface area (Å²) in [6, 6.07) is 20.1. The molecule has 1 unspecified atom stereocenters. The first-order chi connectivity index (χ1) is 10.7. The van der Waals surface area contributed by atoms with Crippen molar-refractivity contribution in [2.24, 2.45) is 0 Å². The second-order valence-electron chi connectivity index (χ2n) is 5.37. The molecular formula is C19H20BrNO. The Kier molecular flexibility index (Phi) is 6.03. The van der Waals surface area contributed by atoms with Crippen molar-refractivity contribution < 1.29 is 4.74 Å². The van der Waals surface area contributed by atoms with Gasteiger partial charge in [-0.3, -0.25) is 0 Å². The number of rotatable bonds is 7. The number of nitrogens with zero attached hydrogens (tertiary/aromatic N) is 1. The molecule has 0 saturated heterocycles. The number of halogens is 1. The Bertz CT molecular complexity index is 635. The molecule has 0 aromatic heterocycles. The molecule has 0 amide bonds. The molecule has 0 bridgehead atoms. The lowest BCUT2D eigenvalue weighted by atomic mass is 9.79. The monoisotopic (exact) mass is 357 g/mol. The maximum atomic E-state index is 9.72. The lowest BCUT2D eigenvalue weighted by molar-refractivity contribution is 0.477. The number of para-hydroxylation sites is 1. The van der Waals surface area contributed by atoms with Crippen LogP contribution < -0.4 is 4.74 Å². The maximum Gasteiger partial charge on any atom is 0.127 e. The third-order valence-corrected chi connectivity index (χ3v) is 4.72.